The van der Waals surface area contributed by atoms with Gasteiger partial charge in [-0.05, 0) is 24.6 Å². The predicted octanol–water partition coefficient (Wildman–Crippen LogP) is 3.55. The lowest BCUT2D eigenvalue weighted by Gasteiger charge is -2.26. The Bertz CT molecular complexity index is 810. The van der Waals surface area contributed by atoms with E-state index in [0.29, 0.717) is 6.54 Å². The van der Waals surface area contributed by atoms with Gasteiger partial charge in [-0.3, -0.25) is 4.79 Å². The van der Waals surface area contributed by atoms with Crippen molar-refractivity contribution in [2.24, 2.45) is 0 Å². The van der Waals surface area contributed by atoms with Crippen LogP contribution in [0.15, 0.2) is 54.6 Å². The van der Waals surface area contributed by atoms with Gasteiger partial charge in [0.05, 0.1) is 28.8 Å². The van der Waals surface area contributed by atoms with Gasteiger partial charge in [0.15, 0.2) is 0 Å². The first-order valence-corrected chi connectivity index (χ1v) is 8.64. The number of carbonyl (C=O) groups is 1. The molecule has 0 aliphatic rings. The number of fused-ring (bicyclic) bond motifs is 1. The number of benzene rings is 2. The normalized spacial score (nSPS) is 13.6. The number of rotatable bonds is 5. The summed E-state index contributed by atoms with van der Waals surface area (Å²) in [7, 11) is 1.75. The molecule has 5 heteroatoms. The first kappa shape index (κ1) is 16.6. The Morgan fingerprint density at radius 3 is 2.54 bits per heavy atom. The van der Waals surface area contributed by atoms with E-state index in [9.17, 15) is 9.90 Å². The Balaban J connectivity index is 1.68. The van der Waals surface area contributed by atoms with Crippen LogP contribution < -0.4 is 0 Å². The zero-order valence-corrected chi connectivity index (χ0v) is 14.6. The molecular formula is C19H20N2O2S. The van der Waals surface area contributed by atoms with Crippen molar-refractivity contribution < 1.29 is 9.90 Å². The number of nitrogens with zero attached hydrogens (tertiary/aromatic N) is 2. The molecule has 0 bridgehead atoms. The summed E-state index contributed by atoms with van der Waals surface area (Å²) >= 11 is 1.59. The second-order valence-electron chi connectivity index (χ2n) is 6.14. The van der Waals surface area contributed by atoms with Crippen molar-refractivity contribution in [2.75, 3.05) is 7.05 Å². The van der Waals surface area contributed by atoms with Gasteiger partial charge in [-0.2, -0.15) is 0 Å². The van der Waals surface area contributed by atoms with E-state index < -0.39 is 5.60 Å². The number of amides is 1. The van der Waals surface area contributed by atoms with Gasteiger partial charge in [-0.1, -0.05) is 42.5 Å². The van der Waals surface area contributed by atoms with Crippen molar-refractivity contribution in [3.8, 4) is 0 Å². The minimum absolute atomic E-state index is 0.0401. The standard InChI is InChI=1S/C19H20N2O2S/c1-19(23,14-8-4-3-5-9-14)12-18(22)21(2)13-17-20-15-10-6-7-11-16(15)24-17/h3-11,23H,12-13H2,1-2H3. The maximum absolute atomic E-state index is 12.5. The minimum atomic E-state index is -1.18. The smallest absolute Gasteiger partial charge is 0.225 e. The highest BCUT2D eigenvalue weighted by molar-refractivity contribution is 7.18. The fraction of sp³-hybridized carbons (Fsp3) is 0.263. The molecule has 0 aliphatic carbocycles. The first-order valence-electron chi connectivity index (χ1n) is 7.82. The molecule has 124 valence electrons. The fourth-order valence-electron chi connectivity index (χ4n) is 2.61. The Labute approximate surface area is 145 Å². The molecule has 0 saturated carbocycles. The number of hydrogen-bond donors (Lipinski definition) is 1. The number of hydrogen-bond acceptors (Lipinski definition) is 4. The van der Waals surface area contributed by atoms with Gasteiger partial charge in [0, 0.05) is 7.05 Å². The predicted molar refractivity (Wildman–Crippen MR) is 96.7 cm³/mol. The average molecular weight is 340 g/mol. The van der Waals surface area contributed by atoms with Gasteiger partial charge < -0.3 is 10.0 Å². The molecule has 0 radical (unpaired) electrons. The van der Waals surface area contributed by atoms with E-state index in [1.54, 1.807) is 30.2 Å². The van der Waals surface area contributed by atoms with E-state index in [1.807, 2.05) is 54.6 Å². The lowest BCUT2D eigenvalue weighted by atomic mass is 9.92. The van der Waals surface area contributed by atoms with Crippen LogP contribution in [-0.4, -0.2) is 27.9 Å². The highest BCUT2D eigenvalue weighted by atomic mass is 32.1. The summed E-state index contributed by atoms with van der Waals surface area (Å²) in [6, 6.07) is 17.2. The molecule has 3 rings (SSSR count). The largest absolute Gasteiger partial charge is 0.385 e. The zero-order chi connectivity index (χ0) is 17.2. The monoisotopic (exact) mass is 340 g/mol. The van der Waals surface area contributed by atoms with Gasteiger partial charge >= 0.3 is 0 Å². The van der Waals surface area contributed by atoms with Gasteiger partial charge in [0.25, 0.3) is 0 Å². The second kappa shape index (κ2) is 6.71. The lowest BCUT2D eigenvalue weighted by Crippen LogP contribution is -2.33. The van der Waals surface area contributed by atoms with Crippen molar-refractivity contribution in [2.45, 2.75) is 25.5 Å². The van der Waals surface area contributed by atoms with Crippen LogP contribution in [0.2, 0.25) is 0 Å². The fourth-order valence-corrected chi connectivity index (χ4v) is 3.63. The van der Waals surface area contributed by atoms with Crippen molar-refractivity contribution in [1.29, 1.82) is 0 Å². The number of thiazole rings is 1. The van der Waals surface area contributed by atoms with Crippen molar-refractivity contribution in [3.63, 3.8) is 0 Å². The Morgan fingerprint density at radius 2 is 1.83 bits per heavy atom. The highest BCUT2D eigenvalue weighted by Crippen LogP contribution is 2.26. The molecule has 24 heavy (non-hydrogen) atoms. The topological polar surface area (TPSA) is 53.4 Å². The van der Waals surface area contributed by atoms with E-state index in [0.717, 1.165) is 20.8 Å². The second-order valence-corrected chi connectivity index (χ2v) is 7.26. The van der Waals surface area contributed by atoms with Crippen molar-refractivity contribution in [3.05, 3.63) is 65.2 Å². The molecule has 1 unspecified atom stereocenters. The van der Waals surface area contributed by atoms with Crippen LogP contribution in [-0.2, 0) is 16.9 Å². The summed E-state index contributed by atoms with van der Waals surface area (Å²) in [5.74, 6) is -0.108. The maximum atomic E-state index is 12.5. The van der Waals surface area contributed by atoms with Crippen LogP contribution in [0.25, 0.3) is 10.2 Å². The summed E-state index contributed by atoms with van der Waals surface area (Å²) < 4.78 is 1.12. The van der Waals surface area contributed by atoms with E-state index in [1.165, 1.54) is 0 Å². The van der Waals surface area contributed by atoms with Gasteiger partial charge in [0.2, 0.25) is 5.91 Å². The Hall–Kier alpha value is -2.24. The summed E-state index contributed by atoms with van der Waals surface area (Å²) in [6.07, 6.45) is 0.0401. The van der Waals surface area contributed by atoms with E-state index in [2.05, 4.69) is 4.98 Å². The summed E-state index contributed by atoms with van der Waals surface area (Å²) in [5, 5.41) is 11.5. The van der Waals surface area contributed by atoms with E-state index in [4.69, 9.17) is 0 Å². The van der Waals surface area contributed by atoms with Crippen LogP contribution in [0.1, 0.15) is 23.9 Å². The van der Waals surface area contributed by atoms with E-state index >= 15 is 0 Å². The molecule has 1 aromatic heterocycles. The summed E-state index contributed by atoms with van der Waals surface area (Å²) in [6.45, 7) is 2.12. The molecule has 0 spiro atoms. The SMILES string of the molecule is CN(Cc1nc2ccccc2s1)C(=O)CC(C)(O)c1ccccc1. The molecule has 1 amide bonds. The molecule has 0 aliphatic heterocycles. The van der Waals surface area contributed by atoms with Crippen LogP contribution in [0.5, 0.6) is 0 Å². The lowest BCUT2D eigenvalue weighted by molar-refractivity contribution is -0.135. The van der Waals surface area contributed by atoms with Crippen LogP contribution in [0.4, 0.5) is 0 Å². The molecule has 0 saturated heterocycles. The maximum Gasteiger partial charge on any atom is 0.225 e. The molecule has 4 nitrogen and oxygen atoms in total. The quantitative estimate of drug-likeness (QED) is 0.773. The number of carbonyl (C=O) groups excluding carboxylic acids is 1. The molecular weight excluding hydrogens is 320 g/mol. The van der Waals surface area contributed by atoms with Gasteiger partial charge in [-0.15, -0.1) is 11.3 Å². The molecule has 1 N–H and O–H groups in total. The minimum Gasteiger partial charge on any atom is -0.385 e. The highest BCUT2D eigenvalue weighted by Gasteiger charge is 2.28. The molecule has 3 aromatic rings. The van der Waals surface area contributed by atoms with Crippen molar-refractivity contribution in [1.82, 2.24) is 9.88 Å². The van der Waals surface area contributed by atoms with Gasteiger partial charge in [-0.25, -0.2) is 4.98 Å². The first-order chi connectivity index (χ1) is 11.5. The van der Waals surface area contributed by atoms with Crippen LogP contribution in [0.3, 0.4) is 0 Å². The summed E-state index contributed by atoms with van der Waals surface area (Å²) in [5.41, 5.74) is 0.515. The Morgan fingerprint density at radius 1 is 1.17 bits per heavy atom. The third kappa shape index (κ3) is 3.63. The number of para-hydroxylation sites is 1. The average Bonchev–Trinajstić information content (AvgIpc) is 2.97. The molecule has 1 atom stereocenters. The van der Waals surface area contributed by atoms with Crippen molar-refractivity contribution >= 4 is 27.5 Å². The Kier molecular flexibility index (Phi) is 4.64. The van der Waals surface area contributed by atoms with Crippen LogP contribution in [0, 0.1) is 0 Å². The number of aliphatic hydroxyl groups is 1. The molecule has 2 aromatic carbocycles. The third-order valence-electron chi connectivity index (χ3n) is 4.03. The van der Waals surface area contributed by atoms with Gasteiger partial charge in [0.1, 0.15) is 5.01 Å². The summed E-state index contributed by atoms with van der Waals surface area (Å²) in [4.78, 5) is 18.7. The number of aromatic nitrogens is 1. The zero-order valence-electron chi connectivity index (χ0n) is 13.8. The third-order valence-corrected chi connectivity index (χ3v) is 5.05. The molecule has 0 fully saturated rings. The van der Waals surface area contributed by atoms with Crippen LogP contribution >= 0.6 is 11.3 Å². The van der Waals surface area contributed by atoms with E-state index in [-0.39, 0.29) is 12.3 Å². The molecule has 1 heterocycles.